The molecule has 0 saturated carbocycles. The number of nitrogens with zero attached hydrogens (tertiary/aromatic N) is 2. The number of hydrogen-bond acceptors (Lipinski definition) is 4. The lowest BCUT2D eigenvalue weighted by Gasteiger charge is -2.19. The van der Waals surface area contributed by atoms with Gasteiger partial charge in [-0.2, -0.15) is 11.3 Å². The van der Waals surface area contributed by atoms with Crippen molar-refractivity contribution in [1.82, 2.24) is 9.88 Å². The second-order valence-corrected chi connectivity index (χ2v) is 8.69. The minimum Gasteiger partial charge on any atom is -0.344 e. The maximum atomic E-state index is 12.7. The number of hydrogen-bond donors (Lipinski definition) is 1. The lowest BCUT2D eigenvalue weighted by molar-refractivity contribution is -0.125. The van der Waals surface area contributed by atoms with Gasteiger partial charge in [-0.25, -0.2) is 4.98 Å². The molecule has 2 aliphatic heterocycles. The van der Waals surface area contributed by atoms with E-state index in [0.29, 0.717) is 11.8 Å². The molecule has 4 heterocycles. The highest BCUT2D eigenvalue weighted by molar-refractivity contribution is 7.08. The van der Waals surface area contributed by atoms with Gasteiger partial charge in [0.1, 0.15) is 5.82 Å². The Labute approximate surface area is 184 Å². The average molecular weight is 422 g/mol. The third kappa shape index (κ3) is 4.26. The number of carbonyl (C=O) groups is 1. The second kappa shape index (κ2) is 9.00. The Kier molecular flexibility index (Phi) is 6.61. The van der Waals surface area contributed by atoms with Crippen LogP contribution in [0.5, 0.6) is 0 Å². The predicted molar refractivity (Wildman–Crippen MR) is 128 cm³/mol. The van der Waals surface area contributed by atoms with Crippen molar-refractivity contribution in [1.29, 1.82) is 0 Å². The molecule has 1 saturated heterocycles. The summed E-state index contributed by atoms with van der Waals surface area (Å²) >= 11 is 1.75. The summed E-state index contributed by atoms with van der Waals surface area (Å²) in [7, 11) is 0. The van der Waals surface area contributed by atoms with Gasteiger partial charge < -0.3 is 10.2 Å². The third-order valence-electron chi connectivity index (χ3n) is 5.99. The van der Waals surface area contributed by atoms with Crippen LogP contribution in [-0.2, 0) is 11.2 Å². The number of rotatable bonds is 3. The summed E-state index contributed by atoms with van der Waals surface area (Å²) in [5.41, 5.74) is 5.98. The predicted octanol–water partition coefficient (Wildman–Crippen LogP) is 5.86. The van der Waals surface area contributed by atoms with Crippen molar-refractivity contribution in [2.75, 3.05) is 18.4 Å². The van der Waals surface area contributed by atoms with Gasteiger partial charge in [0.05, 0.1) is 0 Å². The molecule has 0 bridgehead atoms. The fourth-order valence-corrected chi connectivity index (χ4v) is 5.14. The van der Waals surface area contributed by atoms with Crippen LogP contribution in [0.4, 0.5) is 5.82 Å². The number of thiophene rings is 1. The van der Waals surface area contributed by atoms with Gasteiger partial charge in [0.25, 0.3) is 0 Å². The highest BCUT2D eigenvalue weighted by Gasteiger charge is 2.37. The number of nitrogens with one attached hydrogen (secondary N) is 1. The zero-order chi connectivity index (χ0) is 19.1. The molecule has 3 aliphatic rings. The Hall–Kier alpha value is -2.66. The van der Waals surface area contributed by atoms with E-state index in [-0.39, 0.29) is 20.8 Å². The molecule has 2 aromatic heterocycles. The minimum absolute atomic E-state index is 0. The number of fused-ring (bicyclic) bond motifs is 2. The number of aryl methyl sites for hydroxylation is 1. The first-order valence-corrected chi connectivity index (χ1v) is 10.7. The van der Waals surface area contributed by atoms with Gasteiger partial charge in [-0.05, 0) is 82.3 Å². The van der Waals surface area contributed by atoms with Crippen LogP contribution in [0.1, 0.15) is 44.4 Å². The summed E-state index contributed by atoms with van der Waals surface area (Å²) in [5, 5.41) is 7.57. The Bertz CT molecular complexity index is 990. The molecule has 30 heavy (non-hydrogen) atoms. The largest absolute Gasteiger partial charge is 0.344 e. The fourth-order valence-electron chi connectivity index (χ4n) is 4.46. The number of allylic oxidation sites excluding steroid dienone is 2. The van der Waals surface area contributed by atoms with Crippen molar-refractivity contribution < 1.29 is 4.79 Å². The van der Waals surface area contributed by atoms with E-state index in [1.807, 2.05) is 17.2 Å². The fraction of sp³-hybridized carbons (Fsp3) is 0.360. The molecule has 4 nitrogen and oxygen atoms in total. The van der Waals surface area contributed by atoms with E-state index in [2.05, 4.69) is 45.8 Å². The van der Waals surface area contributed by atoms with Gasteiger partial charge in [0.15, 0.2) is 0 Å². The van der Waals surface area contributed by atoms with Crippen LogP contribution in [0.3, 0.4) is 0 Å². The first kappa shape index (κ1) is 22.0. The van der Waals surface area contributed by atoms with Crippen LogP contribution in [0.15, 0.2) is 53.5 Å². The molecule has 2 atom stereocenters. The summed E-state index contributed by atoms with van der Waals surface area (Å²) in [6.07, 6.45) is 10.7. The van der Waals surface area contributed by atoms with E-state index >= 15 is 0 Å². The van der Waals surface area contributed by atoms with Crippen molar-refractivity contribution in [2.45, 2.75) is 34.1 Å². The van der Waals surface area contributed by atoms with Crippen molar-refractivity contribution in [2.24, 2.45) is 11.8 Å². The molecule has 5 heteroatoms. The van der Waals surface area contributed by atoms with Crippen molar-refractivity contribution in [3.63, 3.8) is 0 Å². The van der Waals surface area contributed by atoms with Gasteiger partial charge in [0, 0.05) is 31.1 Å². The molecule has 0 unspecified atom stereocenters. The molecule has 1 amide bonds. The lowest BCUT2D eigenvalue weighted by Crippen LogP contribution is -2.27. The molecule has 1 aliphatic carbocycles. The van der Waals surface area contributed by atoms with E-state index in [1.165, 1.54) is 16.7 Å². The minimum atomic E-state index is 0. The normalized spacial score (nSPS) is 21.9. The molecule has 0 aromatic carbocycles. The molecule has 0 spiro atoms. The van der Waals surface area contributed by atoms with Crippen LogP contribution in [-0.4, -0.2) is 28.9 Å². The smallest absolute Gasteiger partial charge is 0.246 e. The molecule has 2 aromatic rings. The van der Waals surface area contributed by atoms with Crippen molar-refractivity contribution in [3.8, 4) is 0 Å². The summed E-state index contributed by atoms with van der Waals surface area (Å²) in [6.45, 7) is 5.65. The first-order chi connectivity index (χ1) is 13.7. The highest BCUT2D eigenvalue weighted by Crippen LogP contribution is 2.41. The van der Waals surface area contributed by atoms with Gasteiger partial charge in [0.2, 0.25) is 5.91 Å². The van der Waals surface area contributed by atoms with E-state index in [9.17, 15) is 4.79 Å². The van der Waals surface area contributed by atoms with Crippen LogP contribution in [0, 0.1) is 11.8 Å². The van der Waals surface area contributed by atoms with E-state index in [1.54, 1.807) is 17.4 Å². The first-order valence-electron chi connectivity index (χ1n) is 9.80. The summed E-state index contributed by atoms with van der Waals surface area (Å²) in [4.78, 5) is 19.1. The van der Waals surface area contributed by atoms with Crippen molar-refractivity contribution >= 4 is 34.7 Å². The lowest BCUT2D eigenvalue weighted by atomic mass is 9.99. The monoisotopic (exact) mass is 421 g/mol. The van der Waals surface area contributed by atoms with Gasteiger partial charge in [-0.15, -0.1) is 0 Å². The van der Waals surface area contributed by atoms with Crippen LogP contribution >= 0.6 is 11.3 Å². The summed E-state index contributed by atoms with van der Waals surface area (Å²) in [6, 6.07) is 4.31. The van der Waals surface area contributed by atoms with E-state index < -0.39 is 0 Å². The third-order valence-corrected chi connectivity index (χ3v) is 6.67. The molecular formula is C25H31N3OS. The Morgan fingerprint density at radius 2 is 2.17 bits per heavy atom. The van der Waals surface area contributed by atoms with Gasteiger partial charge in [-0.1, -0.05) is 27.5 Å². The number of pyridine rings is 1. The van der Waals surface area contributed by atoms with Crippen molar-refractivity contribution in [3.05, 3.63) is 70.2 Å². The topological polar surface area (TPSA) is 45.2 Å². The molecule has 1 fully saturated rings. The van der Waals surface area contributed by atoms with Gasteiger partial charge in [-0.3, -0.25) is 4.79 Å². The standard InChI is InChI=1S/C23H23N3OS.2CH4/c1-15-2-4-17-8-16(11-24-23(17)25-15)3-5-22(27)26-12-20-9-19(10-21(20)13-26)18-6-7-28-14-18;;/h3,5-9,11,14,20-21H,1-2,4,10,12-13H2,(H,24,25);2*1H4/b5-3+;;/t20-,21+;;/m1../s1. The molecule has 1 N–H and O–H groups in total. The maximum absolute atomic E-state index is 12.7. The molecular weight excluding hydrogens is 390 g/mol. The SMILES string of the molecule is C.C.C=C1CCc2cc(/C=C/C(=O)N3C[C@@H]4CC(c5ccsc5)=C[C@@H]4C3)cnc2N1. The highest BCUT2D eigenvalue weighted by atomic mass is 32.1. The number of amides is 1. The van der Waals surface area contributed by atoms with Crippen LogP contribution < -0.4 is 5.32 Å². The Balaban J connectivity index is 0.00000128. The van der Waals surface area contributed by atoms with Crippen LogP contribution in [0.2, 0.25) is 0 Å². The number of aromatic nitrogens is 1. The molecule has 0 radical (unpaired) electrons. The van der Waals surface area contributed by atoms with E-state index in [0.717, 1.165) is 49.4 Å². The van der Waals surface area contributed by atoms with Crippen LogP contribution in [0.25, 0.3) is 11.6 Å². The maximum Gasteiger partial charge on any atom is 0.246 e. The number of carbonyl (C=O) groups excluding carboxylic acids is 1. The summed E-state index contributed by atoms with van der Waals surface area (Å²) in [5.74, 6) is 2.05. The summed E-state index contributed by atoms with van der Waals surface area (Å²) < 4.78 is 0. The quantitative estimate of drug-likeness (QED) is 0.631. The Morgan fingerprint density at radius 3 is 2.93 bits per heavy atom. The Morgan fingerprint density at radius 1 is 1.30 bits per heavy atom. The number of anilines is 1. The van der Waals surface area contributed by atoms with Gasteiger partial charge >= 0.3 is 0 Å². The molecule has 158 valence electrons. The molecule has 5 rings (SSSR count). The number of likely N-dealkylation sites (tertiary alicyclic amines) is 1. The zero-order valence-corrected chi connectivity index (χ0v) is 16.5. The second-order valence-electron chi connectivity index (χ2n) is 7.91. The van der Waals surface area contributed by atoms with E-state index in [4.69, 9.17) is 0 Å². The average Bonchev–Trinajstić information content (AvgIpc) is 3.41. The zero-order valence-electron chi connectivity index (χ0n) is 15.7.